The molecule has 0 unspecified atom stereocenters. The summed E-state index contributed by atoms with van der Waals surface area (Å²) in [5.41, 5.74) is 4.02. The molecule has 1 aliphatic heterocycles. The summed E-state index contributed by atoms with van der Waals surface area (Å²) in [7, 11) is 0. The van der Waals surface area contributed by atoms with Crippen LogP contribution in [0.3, 0.4) is 0 Å². The minimum absolute atomic E-state index is 0.745. The van der Waals surface area contributed by atoms with Gasteiger partial charge in [0.05, 0.1) is 5.69 Å². The maximum atomic E-state index is 4.66. The minimum atomic E-state index is 0.745. The molecular formula is C21H28N4. The summed E-state index contributed by atoms with van der Waals surface area (Å²) < 4.78 is 0. The molecule has 25 heavy (non-hydrogen) atoms. The van der Waals surface area contributed by atoms with E-state index in [0.717, 1.165) is 51.9 Å². The number of aromatic nitrogens is 1. The van der Waals surface area contributed by atoms with E-state index in [4.69, 9.17) is 0 Å². The molecule has 2 aromatic rings. The van der Waals surface area contributed by atoms with Crippen LogP contribution in [-0.2, 0) is 19.6 Å². The Balaban J connectivity index is 1.28. The first-order valence-electron chi connectivity index (χ1n) is 9.51. The standard InChI is InChI=1S/C21H28N4/c1-2-5-18(6-3-1)16-24-11-13-25(14-12-24)17-21-19(7-4-10-22-21)15-23-20-8-9-20/h1-7,10,20,23H,8-9,11-17H2. The average Bonchev–Trinajstić information content (AvgIpc) is 3.48. The number of rotatable bonds is 7. The predicted molar refractivity (Wildman–Crippen MR) is 101 cm³/mol. The molecular weight excluding hydrogens is 308 g/mol. The Bertz CT molecular complexity index is 661. The van der Waals surface area contributed by atoms with Gasteiger partial charge in [-0.15, -0.1) is 0 Å². The van der Waals surface area contributed by atoms with Crippen LogP contribution in [0.1, 0.15) is 29.7 Å². The molecule has 4 heteroatoms. The molecule has 132 valence electrons. The van der Waals surface area contributed by atoms with E-state index < -0.39 is 0 Å². The smallest absolute Gasteiger partial charge is 0.0588 e. The molecule has 0 radical (unpaired) electrons. The Labute approximate surface area is 150 Å². The van der Waals surface area contributed by atoms with E-state index in [9.17, 15) is 0 Å². The average molecular weight is 336 g/mol. The highest BCUT2D eigenvalue weighted by Gasteiger charge is 2.21. The second-order valence-electron chi connectivity index (χ2n) is 7.30. The van der Waals surface area contributed by atoms with Crippen LogP contribution in [-0.4, -0.2) is 47.0 Å². The van der Waals surface area contributed by atoms with Crippen molar-refractivity contribution in [1.82, 2.24) is 20.1 Å². The Morgan fingerprint density at radius 1 is 0.880 bits per heavy atom. The second-order valence-corrected chi connectivity index (χ2v) is 7.30. The summed E-state index contributed by atoms with van der Waals surface area (Å²) in [4.78, 5) is 9.76. The van der Waals surface area contributed by atoms with E-state index >= 15 is 0 Å². The normalized spacial score (nSPS) is 19.2. The third-order valence-electron chi connectivity index (χ3n) is 5.23. The molecule has 1 aliphatic carbocycles. The lowest BCUT2D eigenvalue weighted by molar-refractivity contribution is 0.120. The van der Waals surface area contributed by atoms with Gasteiger partial charge in [0, 0.05) is 58.1 Å². The van der Waals surface area contributed by atoms with E-state index in [1.807, 2.05) is 6.20 Å². The zero-order chi connectivity index (χ0) is 16.9. The monoisotopic (exact) mass is 336 g/mol. The maximum Gasteiger partial charge on any atom is 0.0588 e. The molecule has 2 fully saturated rings. The zero-order valence-corrected chi connectivity index (χ0v) is 14.9. The number of hydrogen-bond acceptors (Lipinski definition) is 4. The van der Waals surface area contributed by atoms with Gasteiger partial charge in [-0.3, -0.25) is 14.8 Å². The number of piperazine rings is 1. The van der Waals surface area contributed by atoms with Crippen molar-refractivity contribution in [2.75, 3.05) is 26.2 Å². The molecule has 4 nitrogen and oxygen atoms in total. The topological polar surface area (TPSA) is 31.4 Å². The summed E-state index contributed by atoms with van der Waals surface area (Å²) in [6.07, 6.45) is 4.60. The van der Waals surface area contributed by atoms with Gasteiger partial charge in [0.25, 0.3) is 0 Å². The van der Waals surface area contributed by atoms with Crippen molar-refractivity contribution in [3.63, 3.8) is 0 Å². The van der Waals surface area contributed by atoms with Gasteiger partial charge < -0.3 is 5.32 Å². The van der Waals surface area contributed by atoms with Crippen LogP contribution in [0.15, 0.2) is 48.7 Å². The van der Waals surface area contributed by atoms with Gasteiger partial charge in [0.15, 0.2) is 0 Å². The van der Waals surface area contributed by atoms with Crippen LogP contribution in [0.25, 0.3) is 0 Å². The molecule has 0 bridgehead atoms. The van der Waals surface area contributed by atoms with Crippen LogP contribution in [0.2, 0.25) is 0 Å². The molecule has 0 amide bonds. The predicted octanol–water partition coefficient (Wildman–Crippen LogP) is 2.65. The number of pyridine rings is 1. The Morgan fingerprint density at radius 3 is 2.32 bits per heavy atom. The van der Waals surface area contributed by atoms with Gasteiger partial charge >= 0.3 is 0 Å². The van der Waals surface area contributed by atoms with Crippen molar-refractivity contribution in [2.24, 2.45) is 0 Å². The molecule has 0 spiro atoms. The van der Waals surface area contributed by atoms with Crippen molar-refractivity contribution >= 4 is 0 Å². The molecule has 1 aromatic carbocycles. The van der Waals surface area contributed by atoms with Crippen LogP contribution in [0.4, 0.5) is 0 Å². The van der Waals surface area contributed by atoms with Gasteiger partial charge in [-0.1, -0.05) is 36.4 Å². The Kier molecular flexibility index (Phi) is 5.40. The third kappa shape index (κ3) is 4.88. The van der Waals surface area contributed by atoms with Gasteiger partial charge in [0.1, 0.15) is 0 Å². The third-order valence-corrected chi connectivity index (χ3v) is 5.23. The van der Waals surface area contributed by atoms with E-state index in [-0.39, 0.29) is 0 Å². The summed E-state index contributed by atoms with van der Waals surface area (Å²) in [6.45, 7) is 7.52. The van der Waals surface area contributed by atoms with Crippen LogP contribution in [0.5, 0.6) is 0 Å². The number of benzene rings is 1. The molecule has 2 heterocycles. The summed E-state index contributed by atoms with van der Waals surface area (Å²) in [5, 5.41) is 3.62. The molecule has 1 saturated heterocycles. The largest absolute Gasteiger partial charge is 0.310 e. The highest BCUT2D eigenvalue weighted by molar-refractivity contribution is 5.20. The fraction of sp³-hybridized carbons (Fsp3) is 0.476. The highest BCUT2D eigenvalue weighted by Crippen LogP contribution is 2.20. The van der Waals surface area contributed by atoms with Crippen molar-refractivity contribution in [1.29, 1.82) is 0 Å². The second kappa shape index (κ2) is 8.09. The van der Waals surface area contributed by atoms with Gasteiger partial charge in [-0.05, 0) is 30.0 Å². The van der Waals surface area contributed by atoms with Crippen molar-refractivity contribution in [3.05, 3.63) is 65.5 Å². The van der Waals surface area contributed by atoms with E-state index in [2.05, 4.69) is 62.6 Å². The highest BCUT2D eigenvalue weighted by atomic mass is 15.3. The maximum absolute atomic E-state index is 4.66. The van der Waals surface area contributed by atoms with Crippen molar-refractivity contribution in [2.45, 2.75) is 38.5 Å². The fourth-order valence-corrected chi connectivity index (χ4v) is 3.48. The first-order valence-corrected chi connectivity index (χ1v) is 9.51. The van der Waals surface area contributed by atoms with E-state index in [1.54, 1.807) is 0 Å². The number of hydrogen-bond donors (Lipinski definition) is 1. The first kappa shape index (κ1) is 16.7. The lowest BCUT2D eigenvalue weighted by atomic mass is 10.1. The molecule has 4 rings (SSSR count). The molecule has 0 atom stereocenters. The molecule has 1 saturated carbocycles. The van der Waals surface area contributed by atoms with Gasteiger partial charge in [0.2, 0.25) is 0 Å². The van der Waals surface area contributed by atoms with Crippen LogP contribution < -0.4 is 5.32 Å². The number of nitrogens with zero attached hydrogens (tertiary/aromatic N) is 3. The fourth-order valence-electron chi connectivity index (χ4n) is 3.48. The summed E-state index contributed by atoms with van der Waals surface area (Å²) in [6, 6.07) is 15.8. The van der Waals surface area contributed by atoms with Crippen LogP contribution >= 0.6 is 0 Å². The zero-order valence-electron chi connectivity index (χ0n) is 14.9. The van der Waals surface area contributed by atoms with Crippen molar-refractivity contribution < 1.29 is 0 Å². The van der Waals surface area contributed by atoms with E-state index in [0.29, 0.717) is 0 Å². The quantitative estimate of drug-likeness (QED) is 0.842. The molecule has 1 aromatic heterocycles. The number of nitrogens with one attached hydrogen (secondary N) is 1. The Morgan fingerprint density at radius 2 is 1.60 bits per heavy atom. The van der Waals surface area contributed by atoms with Crippen LogP contribution in [0, 0.1) is 0 Å². The van der Waals surface area contributed by atoms with Gasteiger partial charge in [-0.25, -0.2) is 0 Å². The Hall–Kier alpha value is -1.75. The lowest BCUT2D eigenvalue weighted by Gasteiger charge is -2.34. The van der Waals surface area contributed by atoms with Gasteiger partial charge in [-0.2, -0.15) is 0 Å². The summed E-state index contributed by atoms with van der Waals surface area (Å²) in [5.74, 6) is 0. The molecule has 1 N–H and O–H groups in total. The molecule has 2 aliphatic rings. The van der Waals surface area contributed by atoms with E-state index in [1.165, 1.54) is 29.7 Å². The SMILES string of the molecule is c1ccc(CN2CCN(Cc3ncccc3CNC3CC3)CC2)cc1. The van der Waals surface area contributed by atoms with Crippen molar-refractivity contribution in [3.8, 4) is 0 Å². The minimum Gasteiger partial charge on any atom is -0.310 e. The lowest BCUT2D eigenvalue weighted by Crippen LogP contribution is -2.45. The summed E-state index contributed by atoms with van der Waals surface area (Å²) >= 11 is 0. The first-order chi connectivity index (χ1) is 12.4.